The topological polar surface area (TPSA) is 67.6 Å². The van der Waals surface area contributed by atoms with Crippen molar-refractivity contribution in [2.45, 2.75) is 25.8 Å². The summed E-state index contributed by atoms with van der Waals surface area (Å²) in [5, 5.41) is 2.91. The molecule has 0 saturated carbocycles. The highest BCUT2D eigenvalue weighted by atomic mass is 16.5. The molecule has 1 aliphatic rings. The third-order valence-electron chi connectivity index (χ3n) is 3.83. The summed E-state index contributed by atoms with van der Waals surface area (Å²) < 4.78 is 5.77. The predicted octanol–water partition coefficient (Wildman–Crippen LogP) is 0.777. The van der Waals surface area contributed by atoms with E-state index in [1.165, 1.54) is 5.56 Å². The lowest BCUT2D eigenvalue weighted by Gasteiger charge is -2.34. The van der Waals surface area contributed by atoms with Gasteiger partial charge in [-0.1, -0.05) is 19.1 Å². The Labute approximate surface area is 126 Å². The monoisotopic (exact) mass is 291 g/mol. The van der Waals surface area contributed by atoms with Crippen molar-refractivity contribution < 1.29 is 9.53 Å². The normalized spacial score (nSPS) is 19.3. The Morgan fingerprint density at radius 2 is 2.14 bits per heavy atom. The standard InChI is InChI=1S/C16H25N3O2/c1-2-15-16(20)18-9-10-19(15)11-12-21-14-5-3-13(4-6-14)7-8-17/h3-6,15H,2,7-12,17H2,1H3,(H,18,20). The molecule has 0 bridgehead atoms. The summed E-state index contributed by atoms with van der Waals surface area (Å²) in [5.41, 5.74) is 6.75. The van der Waals surface area contributed by atoms with Crippen LogP contribution in [-0.2, 0) is 11.2 Å². The van der Waals surface area contributed by atoms with Crippen LogP contribution in [0.5, 0.6) is 5.75 Å². The van der Waals surface area contributed by atoms with Crippen LogP contribution in [-0.4, -0.2) is 49.6 Å². The van der Waals surface area contributed by atoms with E-state index in [-0.39, 0.29) is 11.9 Å². The fourth-order valence-corrected chi connectivity index (χ4v) is 2.67. The lowest BCUT2D eigenvalue weighted by atomic mass is 10.1. The van der Waals surface area contributed by atoms with Crippen molar-refractivity contribution in [1.82, 2.24) is 10.2 Å². The van der Waals surface area contributed by atoms with Gasteiger partial charge in [0.05, 0.1) is 6.04 Å². The van der Waals surface area contributed by atoms with Gasteiger partial charge in [0, 0.05) is 19.6 Å². The zero-order valence-electron chi connectivity index (χ0n) is 12.7. The number of amides is 1. The van der Waals surface area contributed by atoms with E-state index in [4.69, 9.17) is 10.5 Å². The molecule has 0 aliphatic carbocycles. The molecule has 0 spiro atoms. The van der Waals surface area contributed by atoms with Crippen molar-refractivity contribution in [2.75, 3.05) is 32.8 Å². The van der Waals surface area contributed by atoms with Crippen LogP contribution >= 0.6 is 0 Å². The second-order valence-corrected chi connectivity index (χ2v) is 5.28. The van der Waals surface area contributed by atoms with Crippen LogP contribution < -0.4 is 15.8 Å². The molecular formula is C16H25N3O2. The molecule has 0 radical (unpaired) electrons. The molecule has 3 N–H and O–H groups in total. The molecule has 21 heavy (non-hydrogen) atoms. The summed E-state index contributed by atoms with van der Waals surface area (Å²) in [5.74, 6) is 1.00. The first kappa shape index (κ1) is 15.8. The maximum atomic E-state index is 11.8. The molecule has 5 nitrogen and oxygen atoms in total. The SMILES string of the molecule is CCC1C(=O)NCCN1CCOc1ccc(CCN)cc1. The van der Waals surface area contributed by atoms with Crippen molar-refractivity contribution in [2.24, 2.45) is 5.73 Å². The molecule has 1 aromatic carbocycles. The Morgan fingerprint density at radius 1 is 1.38 bits per heavy atom. The van der Waals surface area contributed by atoms with Gasteiger partial charge < -0.3 is 15.8 Å². The van der Waals surface area contributed by atoms with E-state index in [2.05, 4.69) is 10.2 Å². The predicted molar refractivity (Wildman–Crippen MR) is 83.4 cm³/mol. The van der Waals surface area contributed by atoms with Crippen LogP contribution in [0.25, 0.3) is 0 Å². The zero-order valence-corrected chi connectivity index (χ0v) is 12.7. The largest absolute Gasteiger partial charge is 0.492 e. The van der Waals surface area contributed by atoms with Gasteiger partial charge in [-0.15, -0.1) is 0 Å². The van der Waals surface area contributed by atoms with E-state index in [0.29, 0.717) is 13.2 Å². The van der Waals surface area contributed by atoms with Crippen LogP contribution in [0.1, 0.15) is 18.9 Å². The van der Waals surface area contributed by atoms with E-state index in [0.717, 1.165) is 38.2 Å². The number of ether oxygens (including phenoxy) is 1. The lowest BCUT2D eigenvalue weighted by molar-refractivity contribution is -0.129. The van der Waals surface area contributed by atoms with Gasteiger partial charge in [0.1, 0.15) is 12.4 Å². The van der Waals surface area contributed by atoms with Gasteiger partial charge in [-0.25, -0.2) is 0 Å². The molecular weight excluding hydrogens is 266 g/mol. The average Bonchev–Trinajstić information content (AvgIpc) is 2.49. The number of rotatable bonds is 7. The summed E-state index contributed by atoms with van der Waals surface area (Å²) >= 11 is 0. The summed E-state index contributed by atoms with van der Waals surface area (Å²) in [4.78, 5) is 14.0. The molecule has 1 unspecified atom stereocenters. The fraction of sp³-hybridized carbons (Fsp3) is 0.562. The Balaban J connectivity index is 1.79. The Hall–Kier alpha value is -1.59. The van der Waals surface area contributed by atoms with Gasteiger partial charge in [-0.05, 0) is 37.1 Å². The second-order valence-electron chi connectivity index (χ2n) is 5.28. The van der Waals surface area contributed by atoms with Crippen LogP contribution in [0.4, 0.5) is 0 Å². The van der Waals surface area contributed by atoms with Crippen molar-refractivity contribution in [3.8, 4) is 5.75 Å². The maximum absolute atomic E-state index is 11.8. The number of hydrogen-bond donors (Lipinski definition) is 2. The van der Waals surface area contributed by atoms with E-state index in [9.17, 15) is 4.79 Å². The fourth-order valence-electron chi connectivity index (χ4n) is 2.67. The molecule has 1 saturated heterocycles. The number of hydrogen-bond acceptors (Lipinski definition) is 4. The Morgan fingerprint density at radius 3 is 2.81 bits per heavy atom. The highest BCUT2D eigenvalue weighted by Crippen LogP contribution is 2.13. The van der Waals surface area contributed by atoms with Crippen LogP contribution in [0.3, 0.4) is 0 Å². The van der Waals surface area contributed by atoms with Crippen LogP contribution in [0.15, 0.2) is 24.3 Å². The molecule has 1 amide bonds. The van der Waals surface area contributed by atoms with Crippen molar-refractivity contribution >= 4 is 5.91 Å². The molecule has 1 aliphatic heterocycles. The number of carbonyl (C=O) groups excluding carboxylic acids is 1. The van der Waals surface area contributed by atoms with E-state index < -0.39 is 0 Å². The van der Waals surface area contributed by atoms with Crippen LogP contribution in [0, 0.1) is 0 Å². The van der Waals surface area contributed by atoms with Gasteiger partial charge in [-0.3, -0.25) is 9.69 Å². The number of nitrogens with one attached hydrogen (secondary N) is 1. The minimum atomic E-state index is -0.0192. The number of nitrogens with two attached hydrogens (primary N) is 1. The van der Waals surface area contributed by atoms with Crippen molar-refractivity contribution in [3.05, 3.63) is 29.8 Å². The Bertz CT molecular complexity index is 447. The maximum Gasteiger partial charge on any atom is 0.237 e. The van der Waals surface area contributed by atoms with Gasteiger partial charge in [0.2, 0.25) is 5.91 Å². The second kappa shape index (κ2) is 8.00. The minimum Gasteiger partial charge on any atom is -0.492 e. The molecule has 1 aromatic rings. The van der Waals surface area contributed by atoms with E-state index in [1.54, 1.807) is 0 Å². The zero-order chi connectivity index (χ0) is 15.1. The van der Waals surface area contributed by atoms with E-state index in [1.807, 2.05) is 31.2 Å². The molecule has 1 atom stereocenters. The number of nitrogens with zero attached hydrogens (tertiary/aromatic N) is 1. The summed E-state index contributed by atoms with van der Waals surface area (Å²) in [6.07, 6.45) is 1.72. The first-order valence-electron chi connectivity index (χ1n) is 7.68. The average molecular weight is 291 g/mol. The van der Waals surface area contributed by atoms with Crippen molar-refractivity contribution in [1.29, 1.82) is 0 Å². The molecule has 1 fully saturated rings. The first-order chi connectivity index (χ1) is 10.2. The van der Waals surface area contributed by atoms with Gasteiger partial charge >= 0.3 is 0 Å². The highest BCUT2D eigenvalue weighted by Gasteiger charge is 2.27. The van der Waals surface area contributed by atoms with Gasteiger partial charge in [0.15, 0.2) is 0 Å². The molecule has 116 valence electrons. The van der Waals surface area contributed by atoms with Gasteiger partial charge in [0.25, 0.3) is 0 Å². The van der Waals surface area contributed by atoms with Crippen LogP contribution in [0.2, 0.25) is 0 Å². The smallest absolute Gasteiger partial charge is 0.237 e. The summed E-state index contributed by atoms with van der Waals surface area (Å²) in [7, 11) is 0. The lowest BCUT2D eigenvalue weighted by Crippen LogP contribution is -2.55. The third-order valence-corrected chi connectivity index (χ3v) is 3.83. The minimum absolute atomic E-state index is 0.0192. The summed E-state index contributed by atoms with van der Waals surface area (Å²) in [6.45, 7) is 5.69. The van der Waals surface area contributed by atoms with Crippen molar-refractivity contribution in [3.63, 3.8) is 0 Å². The Kier molecular flexibility index (Phi) is 6.02. The number of piperazine rings is 1. The number of benzene rings is 1. The van der Waals surface area contributed by atoms with Gasteiger partial charge in [-0.2, -0.15) is 0 Å². The molecule has 0 aromatic heterocycles. The number of carbonyl (C=O) groups is 1. The summed E-state index contributed by atoms with van der Waals surface area (Å²) in [6, 6.07) is 8.03. The molecule has 2 rings (SSSR count). The third kappa shape index (κ3) is 4.44. The highest BCUT2D eigenvalue weighted by molar-refractivity contribution is 5.82. The first-order valence-corrected chi connectivity index (χ1v) is 7.68. The van der Waals surface area contributed by atoms with E-state index >= 15 is 0 Å². The molecule has 1 heterocycles. The molecule has 5 heteroatoms. The quantitative estimate of drug-likeness (QED) is 0.779.